The summed E-state index contributed by atoms with van der Waals surface area (Å²) in [7, 11) is 3.67. The number of rotatable bonds is 0. The van der Waals surface area contributed by atoms with Gasteiger partial charge in [0, 0.05) is 46.8 Å². The van der Waals surface area contributed by atoms with Crippen LogP contribution in [0.4, 0.5) is 11.4 Å². The predicted molar refractivity (Wildman–Crippen MR) is 113 cm³/mol. The van der Waals surface area contributed by atoms with E-state index >= 15 is 0 Å². The first-order valence-corrected chi connectivity index (χ1v) is 9.34. The largest absolute Gasteiger partial charge is 0.311 e. The molecule has 0 aliphatic carbocycles. The zero-order valence-electron chi connectivity index (χ0n) is 15.3. The van der Waals surface area contributed by atoms with E-state index in [1.807, 2.05) is 38.4 Å². The van der Waals surface area contributed by atoms with Crippen LogP contribution in [0.2, 0.25) is 0 Å². The monoisotopic (exact) mass is 362 g/mol. The highest BCUT2D eigenvalue weighted by molar-refractivity contribution is 6.41. The van der Waals surface area contributed by atoms with Crippen LogP contribution in [0.5, 0.6) is 0 Å². The summed E-state index contributed by atoms with van der Waals surface area (Å²) in [5, 5.41) is 8.90. The summed E-state index contributed by atoms with van der Waals surface area (Å²) < 4.78 is 0. The van der Waals surface area contributed by atoms with Crippen LogP contribution in [0.15, 0.2) is 48.5 Å². The molecule has 4 heteroatoms. The number of nitrogens with zero attached hydrogens (tertiary/aromatic N) is 2. The number of fused-ring (bicyclic) bond motifs is 2. The van der Waals surface area contributed by atoms with Gasteiger partial charge in [-0.05, 0) is 45.8 Å². The Bertz CT molecular complexity index is 1440. The Hall–Kier alpha value is -3.66. The quantitative estimate of drug-likeness (QED) is 0.290. The highest BCUT2D eigenvalue weighted by Gasteiger charge is 2.32. The molecule has 2 aliphatic rings. The van der Waals surface area contributed by atoms with Crippen molar-refractivity contribution in [1.29, 1.82) is 0 Å². The van der Waals surface area contributed by atoms with E-state index in [9.17, 15) is 9.59 Å². The number of hydrogen-bond acceptors (Lipinski definition) is 2. The molecule has 0 atom stereocenters. The van der Waals surface area contributed by atoms with Crippen LogP contribution in [-0.2, 0) is 0 Å². The highest BCUT2D eigenvalue weighted by Crippen LogP contribution is 2.49. The van der Waals surface area contributed by atoms with Crippen molar-refractivity contribution in [2.75, 3.05) is 23.9 Å². The van der Waals surface area contributed by atoms with E-state index in [0.717, 1.165) is 65.6 Å². The van der Waals surface area contributed by atoms with E-state index < -0.39 is 0 Å². The van der Waals surface area contributed by atoms with Crippen molar-refractivity contribution in [3.8, 4) is 0 Å². The van der Waals surface area contributed by atoms with E-state index in [1.54, 1.807) is 9.80 Å². The van der Waals surface area contributed by atoms with Crippen LogP contribution in [0.3, 0.4) is 0 Å². The number of carbonyl (C=O) groups excluding carboxylic acids is 2. The maximum absolute atomic E-state index is 12.7. The number of hydrogen-bond donors (Lipinski definition) is 0. The second-order valence-corrected chi connectivity index (χ2v) is 7.81. The molecule has 5 aromatic rings. The molecule has 0 spiro atoms. The van der Waals surface area contributed by atoms with Crippen LogP contribution in [-0.4, -0.2) is 25.9 Å². The van der Waals surface area contributed by atoms with Gasteiger partial charge in [-0.2, -0.15) is 0 Å². The maximum Gasteiger partial charge on any atom is 0.258 e. The standard InChI is InChI=1S/C24H14N2O2/c1-25-17-9-7-13-12-4-6-16-22-18(26(2)24(16)28)10-8-14(20(12)22)11-3-5-15(23(25)27)21(17)19(11)13/h3-10H,1-2H3. The van der Waals surface area contributed by atoms with Crippen LogP contribution in [0.25, 0.3) is 43.1 Å². The molecule has 0 saturated carbocycles. The van der Waals surface area contributed by atoms with Crippen molar-refractivity contribution in [2.24, 2.45) is 0 Å². The summed E-state index contributed by atoms with van der Waals surface area (Å²) in [4.78, 5) is 28.9. The zero-order valence-corrected chi connectivity index (χ0v) is 15.3. The zero-order chi connectivity index (χ0) is 18.9. The Kier molecular flexibility index (Phi) is 2.19. The van der Waals surface area contributed by atoms with Gasteiger partial charge in [0.25, 0.3) is 11.8 Å². The van der Waals surface area contributed by atoms with Crippen molar-refractivity contribution < 1.29 is 9.59 Å². The average molecular weight is 362 g/mol. The molecule has 4 nitrogen and oxygen atoms in total. The molecule has 0 aromatic heterocycles. The number of anilines is 2. The summed E-state index contributed by atoms with van der Waals surface area (Å²) in [6.07, 6.45) is 0. The van der Waals surface area contributed by atoms with Crippen LogP contribution < -0.4 is 9.80 Å². The minimum absolute atomic E-state index is 0.0467. The van der Waals surface area contributed by atoms with Gasteiger partial charge in [0.1, 0.15) is 0 Å². The molecule has 132 valence electrons. The maximum atomic E-state index is 12.7. The van der Waals surface area contributed by atoms with Crippen molar-refractivity contribution in [3.63, 3.8) is 0 Å². The average Bonchev–Trinajstić information content (AvgIpc) is 3.12. The second-order valence-electron chi connectivity index (χ2n) is 7.81. The molecule has 0 saturated heterocycles. The topological polar surface area (TPSA) is 40.6 Å². The molecule has 2 aliphatic heterocycles. The van der Waals surface area contributed by atoms with Crippen molar-refractivity contribution >= 4 is 66.3 Å². The van der Waals surface area contributed by atoms with E-state index in [1.165, 1.54) is 0 Å². The Morgan fingerprint density at radius 2 is 0.857 bits per heavy atom. The Morgan fingerprint density at radius 1 is 0.500 bits per heavy atom. The first-order valence-electron chi connectivity index (χ1n) is 9.34. The lowest BCUT2D eigenvalue weighted by molar-refractivity contribution is 0.0991. The molecule has 2 heterocycles. The fraction of sp³-hybridized carbons (Fsp3) is 0.0833. The third kappa shape index (κ3) is 1.30. The molecule has 7 rings (SSSR count). The lowest BCUT2D eigenvalue weighted by atomic mass is 9.87. The second kappa shape index (κ2) is 4.25. The number of benzene rings is 5. The molecule has 2 amide bonds. The number of amides is 2. The Labute approximate surface area is 159 Å². The first kappa shape index (κ1) is 14.4. The third-order valence-electron chi connectivity index (χ3n) is 6.65. The fourth-order valence-electron chi connectivity index (χ4n) is 5.35. The molecule has 0 radical (unpaired) electrons. The lowest BCUT2D eigenvalue weighted by Gasteiger charge is -2.16. The molecule has 5 aromatic carbocycles. The molecule has 28 heavy (non-hydrogen) atoms. The summed E-state index contributed by atoms with van der Waals surface area (Å²) in [5.41, 5.74) is 3.47. The highest BCUT2D eigenvalue weighted by atomic mass is 16.2. The number of carbonyl (C=O) groups is 2. The van der Waals surface area contributed by atoms with E-state index in [4.69, 9.17) is 0 Å². The van der Waals surface area contributed by atoms with Crippen LogP contribution in [0, 0.1) is 0 Å². The van der Waals surface area contributed by atoms with Gasteiger partial charge < -0.3 is 9.80 Å². The van der Waals surface area contributed by atoms with Gasteiger partial charge in [-0.3, -0.25) is 9.59 Å². The van der Waals surface area contributed by atoms with Gasteiger partial charge >= 0.3 is 0 Å². The van der Waals surface area contributed by atoms with Crippen molar-refractivity contribution in [3.05, 3.63) is 59.7 Å². The third-order valence-corrected chi connectivity index (χ3v) is 6.65. The van der Waals surface area contributed by atoms with Gasteiger partial charge in [-0.1, -0.05) is 24.3 Å². The van der Waals surface area contributed by atoms with Crippen molar-refractivity contribution in [2.45, 2.75) is 0 Å². The Balaban J connectivity index is 1.83. The van der Waals surface area contributed by atoms with E-state index in [0.29, 0.717) is 0 Å². The fourth-order valence-corrected chi connectivity index (χ4v) is 5.35. The van der Waals surface area contributed by atoms with Gasteiger partial charge in [0.2, 0.25) is 0 Å². The molecular formula is C24H14N2O2. The van der Waals surface area contributed by atoms with Gasteiger partial charge in [0.05, 0.1) is 11.4 Å². The summed E-state index contributed by atoms with van der Waals surface area (Å²) in [6, 6.07) is 16.3. The molecule has 0 fully saturated rings. The molecular weight excluding hydrogens is 348 g/mol. The van der Waals surface area contributed by atoms with Crippen molar-refractivity contribution in [1.82, 2.24) is 0 Å². The normalized spacial score (nSPS) is 15.5. The SMILES string of the molecule is CN1C(=O)c2ccc3c4ccc5c6c(ccc(c7ccc1c2c37)c64)C(=O)N5C. The van der Waals surface area contributed by atoms with Crippen LogP contribution in [0.1, 0.15) is 20.7 Å². The van der Waals surface area contributed by atoms with Crippen LogP contribution >= 0.6 is 0 Å². The van der Waals surface area contributed by atoms with E-state index in [-0.39, 0.29) is 11.8 Å². The lowest BCUT2D eigenvalue weighted by Crippen LogP contribution is -2.20. The first-order chi connectivity index (χ1) is 13.6. The Morgan fingerprint density at radius 3 is 1.25 bits per heavy atom. The van der Waals surface area contributed by atoms with Gasteiger partial charge in [0.15, 0.2) is 0 Å². The summed E-state index contributed by atoms with van der Waals surface area (Å²) in [6.45, 7) is 0. The van der Waals surface area contributed by atoms with Gasteiger partial charge in [-0.15, -0.1) is 0 Å². The smallest absolute Gasteiger partial charge is 0.258 e. The summed E-state index contributed by atoms with van der Waals surface area (Å²) in [5.74, 6) is 0.0935. The predicted octanol–water partition coefficient (Wildman–Crippen LogP) is 4.92. The minimum Gasteiger partial charge on any atom is -0.311 e. The van der Waals surface area contributed by atoms with E-state index in [2.05, 4.69) is 24.3 Å². The minimum atomic E-state index is 0.0467. The molecule has 0 unspecified atom stereocenters. The molecule has 0 N–H and O–H groups in total. The van der Waals surface area contributed by atoms with Gasteiger partial charge in [-0.25, -0.2) is 0 Å². The summed E-state index contributed by atoms with van der Waals surface area (Å²) >= 11 is 0. The molecule has 0 bridgehead atoms.